The summed E-state index contributed by atoms with van der Waals surface area (Å²) in [4.78, 5) is 27.0. The van der Waals surface area contributed by atoms with E-state index in [9.17, 15) is 9.59 Å². The van der Waals surface area contributed by atoms with Gasteiger partial charge in [0, 0.05) is 12.1 Å². The van der Waals surface area contributed by atoms with Gasteiger partial charge in [-0.2, -0.15) is 0 Å². The van der Waals surface area contributed by atoms with Crippen LogP contribution in [-0.4, -0.2) is 22.0 Å². The van der Waals surface area contributed by atoms with Gasteiger partial charge in [0.25, 0.3) is 0 Å². The normalized spacial score (nSPS) is 19.8. The van der Waals surface area contributed by atoms with Crippen LogP contribution in [0.1, 0.15) is 38.2 Å². The molecule has 19 heavy (non-hydrogen) atoms. The Labute approximate surface area is 112 Å². The largest absolute Gasteiger partial charge is 0.476 e. The number of carboxylic acids is 1. The van der Waals surface area contributed by atoms with Crippen molar-refractivity contribution in [1.82, 2.24) is 4.98 Å². The van der Waals surface area contributed by atoms with E-state index in [0.29, 0.717) is 0 Å². The highest BCUT2D eigenvalue weighted by Crippen LogP contribution is 2.68. The molecule has 5 nitrogen and oxygen atoms in total. The third-order valence-corrected chi connectivity index (χ3v) is 4.55. The maximum absolute atomic E-state index is 12.2. The molecule has 0 aliphatic heterocycles. The van der Waals surface area contributed by atoms with Gasteiger partial charge < -0.3 is 10.4 Å². The third-order valence-electron chi connectivity index (χ3n) is 4.55. The van der Waals surface area contributed by atoms with E-state index in [2.05, 4.69) is 10.3 Å². The highest BCUT2D eigenvalue weighted by molar-refractivity contribution is 6.01. The number of carbonyl (C=O) groups is 2. The zero-order valence-corrected chi connectivity index (χ0v) is 11.5. The molecule has 1 aliphatic carbocycles. The highest BCUT2D eigenvalue weighted by atomic mass is 16.4. The molecule has 0 radical (unpaired) electrons. The average Bonchev–Trinajstić information content (AvgIpc) is 2.69. The van der Waals surface area contributed by atoms with Crippen LogP contribution in [0.3, 0.4) is 0 Å². The first-order valence-electron chi connectivity index (χ1n) is 6.19. The summed E-state index contributed by atoms with van der Waals surface area (Å²) in [5.41, 5.74) is -0.0450. The number of aromatic nitrogens is 1. The molecular weight excluding hydrogens is 244 g/mol. The molecule has 2 N–H and O–H groups in total. The molecule has 0 spiro atoms. The summed E-state index contributed by atoms with van der Waals surface area (Å²) in [6, 6.07) is 3.15. The number of aromatic carboxylic acids is 1. The summed E-state index contributed by atoms with van der Waals surface area (Å²) in [7, 11) is 0. The Kier molecular flexibility index (Phi) is 2.88. The van der Waals surface area contributed by atoms with Gasteiger partial charge in [0.05, 0.1) is 5.69 Å². The fraction of sp³-hybridized carbons (Fsp3) is 0.500. The van der Waals surface area contributed by atoms with Crippen molar-refractivity contribution >= 4 is 17.6 Å². The van der Waals surface area contributed by atoms with Crippen molar-refractivity contribution in [3.63, 3.8) is 0 Å². The number of rotatable bonds is 3. The molecule has 0 bridgehead atoms. The van der Waals surface area contributed by atoms with Crippen molar-refractivity contribution in [2.24, 2.45) is 16.7 Å². The van der Waals surface area contributed by atoms with Crippen LogP contribution in [0.15, 0.2) is 18.3 Å². The van der Waals surface area contributed by atoms with Crippen LogP contribution in [0, 0.1) is 16.7 Å². The van der Waals surface area contributed by atoms with Gasteiger partial charge in [-0.15, -0.1) is 0 Å². The monoisotopic (exact) mass is 262 g/mol. The summed E-state index contributed by atoms with van der Waals surface area (Å²) in [6.07, 6.45) is 1.39. The zero-order chi connectivity index (χ0) is 14.4. The number of pyridine rings is 1. The first-order valence-corrected chi connectivity index (χ1v) is 6.19. The van der Waals surface area contributed by atoms with Crippen LogP contribution in [0.25, 0.3) is 0 Å². The molecule has 1 aromatic heterocycles. The van der Waals surface area contributed by atoms with Crippen LogP contribution in [0.5, 0.6) is 0 Å². The molecule has 0 unspecified atom stereocenters. The number of nitrogens with zero attached hydrogens (tertiary/aromatic N) is 1. The van der Waals surface area contributed by atoms with E-state index in [-0.39, 0.29) is 34.0 Å². The molecule has 1 saturated carbocycles. The number of hydrogen-bond donors (Lipinski definition) is 2. The minimum Gasteiger partial charge on any atom is -0.476 e. The van der Waals surface area contributed by atoms with E-state index >= 15 is 0 Å². The van der Waals surface area contributed by atoms with Gasteiger partial charge in [0.1, 0.15) is 0 Å². The lowest BCUT2D eigenvalue weighted by Crippen LogP contribution is -2.20. The second-order valence-electron chi connectivity index (χ2n) is 6.07. The molecule has 0 aromatic carbocycles. The van der Waals surface area contributed by atoms with Crippen LogP contribution >= 0.6 is 0 Å². The smallest absolute Gasteiger partial charge is 0.356 e. The topological polar surface area (TPSA) is 79.3 Å². The van der Waals surface area contributed by atoms with Gasteiger partial charge in [-0.05, 0) is 23.0 Å². The molecule has 1 aliphatic rings. The lowest BCUT2D eigenvalue weighted by molar-refractivity contribution is -0.118. The predicted octanol–water partition coefficient (Wildman–Crippen LogP) is 2.40. The number of carbonyl (C=O) groups excluding carboxylic acids is 1. The van der Waals surface area contributed by atoms with E-state index < -0.39 is 5.97 Å². The number of hydrogen-bond acceptors (Lipinski definition) is 3. The van der Waals surface area contributed by atoms with Crippen LogP contribution in [0.2, 0.25) is 0 Å². The van der Waals surface area contributed by atoms with Crippen LogP contribution < -0.4 is 5.32 Å². The Bertz CT molecular complexity index is 535. The first-order chi connectivity index (χ1) is 8.69. The van der Waals surface area contributed by atoms with Crippen molar-refractivity contribution in [3.8, 4) is 0 Å². The van der Waals surface area contributed by atoms with Gasteiger partial charge in [-0.25, -0.2) is 9.78 Å². The maximum atomic E-state index is 12.2. The summed E-state index contributed by atoms with van der Waals surface area (Å²) >= 11 is 0. The molecule has 5 heteroatoms. The number of nitrogens with one attached hydrogen (secondary N) is 1. The Morgan fingerprint density at radius 1 is 1.26 bits per heavy atom. The fourth-order valence-electron chi connectivity index (χ4n) is 2.73. The summed E-state index contributed by atoms with van der Waals surface area (Å²) in [5, 5.41) is 11.7. The molecule has 0 atom stereocenters. The Hall–Kier alpha value is -1.91. The van der Waals surface area contributed by atoms with E-state index in [0.717, 1.165) is 0 Å². The van der Waals surface area contributed by atoms with Crippen LogP contribution in [0.4, 0.5) is 5.69 Å². The van der Waals surface area contributed by atoms with Gasteiger partial charge in [-0.1, -0.05) is 27.7 Å². The molecule has 1 aromatic rings. The van der Waals surface area contributed by atoms with Gasteiger partial charge in [0.15, 0.2) is 5.69 Å². The van der Waals surface area contributed by atoms with Crippen molar-refractivity contribution in [1.29, 1.82) is 0 Å². The Balaban J connectivity index is 2.20. The van der Waals surface area contributed by atoms with E-state index in [4.69, 9.17) is 5.11 Å². The summed E-state index contributed by atoms with van der Waals surface area (Å²) < 4.78 is 0. The highest BCUT2D eigenvalue weighted by Gasteiger charge is 2.68. The Morgan fingerprint density at radius 3 is 2.32 bits per heavy atom. The second-order valence-corrected chi connectivity index (χ2v) is 6.07. The van der Waals surface area contributed by atoms with E-state index in [1.165, 1.54) is 6.20 Å². The van der Waals surface area contributed by atoms with Crippen LogP contribution in [-0.2, 0) is 4.79 Å². The van der Waals surface area contributed by atoms with Gasteiger partial charge in [-0.3, -0.25) is 4.79 Å². The molecule has 1 amide bonds. The standard InChI is InChI=1S/C14H18N2O3/c1-13(2)10(14(13,3)4)11(17)16-8-6-5-7-15-9(8)12(18)19/h5-7,10H,1-4H3,(H,16,17)(H,18,19). The fourth-order valence-corrected chi connectivity index (χ4v) is 2.73. The number of amides is 1. The van der Waals surface area contributed by atoms with E-state index in [1.807, 2.05) is 27.7 Å². The van der Waals surface area contributed by atoms with Crippen molar-refractivity contribution in [2.45, 2.75) is 27.7 Å². The minimum absolute atomic E-state index is 0.0807. The van der Waals surface area contributed by atoms with Crippen molar-refractivity contribution < 1.29 is 14.7 Å². The minimum atomic E-state index is -1.15. The quantitative estimate of drug-likeness (QED) is 0.876. The summed E-state index contributed by atoms with van der Waals surface area (Å²) in [6.45, 7) is 8.16. The number of carboxylic acid groups (broad SMARTS) is 1. The second kappa shape index (κ2) is 4.05. The van der Waals surface area contributed by atoms with Gasteiger partial charge in [0.2, 0.25) is 5.91 Å². The van der Waals surface area contributed by atoms with Crippen molar-refractivity contribution in [2.75, 3.05) is 5.32 Å². The van der Waals surface area contributed by atoms with E-state index in [1.54, 1.807) is 12.1 Å². The lowest BCUT2D eigenvalue weighted by atomic mass is 10.0. The lowest BCUT2D eigenvalue weighted by Gasteiger charge is -2.08. The molecule has 2 rings (SSSR count). The predicted molar refractivity (Wildman–Crippen MR) is 70.9 cm³/mol. The zero-order valence-electron chi connectivity index (χ0n) is 11.5. The molecule has 1 fully saturated rings. The maximum Gasteiger partial charge on any atom is 0.356 e. The third kappa shape index (κ3) is 1.99. The molecule has 1 heterocycles. The molecule has 0 saturated heterocycles. The summed E-state index contributed by atoms with van der Waals surface area (Å²) in [5.74, 6) is -1.42. The number of anilines is 1. The average molecular weight is 262 g/mol. The van der Waals surface area contributed by atoms with Gasteiger partial charge >= 0.3 is 5.97 Å². The van der Waals surface area contributed by atoms with Crippen molar-refractivity contribution in [3.05, 3.63) is 24.0 Å². The molecular formula is C14H18N2O3. The molecule has 102 valence electrons. The Morgan fingerprint density at radius 2 is 1.84 bits per heavy atom. The first kappa shape index (κ1) is 13.5. The SMILES string of the molecule is CC1(C)C(C(=O)Nc2cccnc2C(=O)O)C1(C)C.